The molecule has 0 saturated heterocycles. The Labute approximate surface area is 208 Å². The van der Waals surface area contributed by atoms with E-state index in [1.807, 2.05) is 30.3 Å². The molecule has 0 aliphatic heterocycles. The highest BCUT2D eigenvalue weighted by atomic mass is 32.2. The number of fused-ring (bicyclic) bond motifs is 1. The Balaban J connectivity index is 1.61. The number of para-hydroxylation sites is 1. The number of carboxylic acid groups (broad SMARTS) is 1. The maximum atomic E-state index is 12.5. The molecule has 0 bridgehead atoms. The molecule has 0 unspecified atom stereocenters. The van der Waals surface area contributed by atoms with Crippen molar-refractivity contribution in [3.05, 3.63) is 77.9 Å². The second-order valence-corrected chi connectivity index (χ2v) is 10.7. The minimum absolute atomic E-state index is 0.0169. The zero-order chi connectivity index (χ0) is 25.4. The standard InChI is InChI=1S/C27H25NO7S/c1-36(32,33)28(13-14-29)23-16-24-22(15-21(23)17-7-8-17)25(27(30)31)26(35-24)18-9-11-20(12-10-18)34-19-5-3-2-4-6-19/h2-6,9-12,15-17,29H,7-8,13-14H2,1H3,(H,30,31). The van der Waals surface area contributed by atoms with Crippen LogP contribution in [0.3, 0.4) is 0 Å². The van der Waals surface area contributed by atoms with E-state index in [1.54, 1.807) is 36.4 Å². The number of benzene rings is 3. The van der Waals surface area contributed by atoms with Gasteiger partial charge in [-0.15, -0.1) is 0 Å². The highest BCUT2D eigenvalue weighted by Gasteiger charge is 2.33. The molecule has 1 aromatic heterocycles. The number of carboxylic acids is 1. The highest BCUT2D eigenvalue weighted by molar-refractivity contribution is 7.92. The summed E-state index contributed by atoms with van der Waals surface area (Å²) in [4.78, 5) is 12.3. The number of hydrogen-bond acceptors (Lipinski definition) is 6. The second-order valence-electron chi connectivity index (χ2n) is 8.79. The van der Waals surface area contributed by atoms with Crippen molar-refractivity contribution >= 4 is 32.6 Å². The lowest BCUT2D eigenvalue weighted by molar-refractivity contribution is 0.0699. The van der Waals surface area contributed by atoms with E-state index in [0.29, 0.717) is 28.1 Å². The zero-order valence-corrected chi connectivity index (χ0v) is 20.4. The minimum atomic E-state index is -3.68. The van der Waals surface area contributed by atoms with Gasteiger partial charge in [-0.25, -0.2) is 13.2 Å². The van der Waals surface area contributed by atoms with Gasteiger partial charge in [-0.3, -0.25) is 4.31 Å². The van der Waals surface area contributed by atoms with Crippen molar-refractivity contribution in [1.29, 1.82) is 0 Å². The van der Waals surface area contributed by atoms with E-state index < -0.39 is 16.0 Å². The van der Waals surface area contributed by atoms with Crippen molar-refractivity contribution < 1.29 is 32.6 Å². The number of aromatic carboxylic acids is 1. The van der Waals surface area contributed by atoms with Crippen LogP contribution in [-0.4, -0.2) is 44.0 Å². The molecule has 0 amide bonds. The van der Waals surface area contributed by atoms with Gasteiger partial charge < -0.3 is 19.4 Å². The molecular formula is C27H25NO7S. The molecular weight excluding hydrogens is 482 g/mol. The first-order chi connectivity index (χ1) is 17.3. The molecule has 1 fully saturated rings. The third-order valence-electron chi connectivity index (χ3n) is 6.14. The molecule has 5 rings (SSSR count). The molecule has 0 radical (unpaired) electrons. The van der Waals surface area contributed by atoms with Crippen molar-refractivity contribution in [3.8, 4) is 22.8 Å². The average Bonchev–Trinajstić information content (AvgIpc) is 3.62. The molecule has 1 heterocycles. The average molecular weight is 508 g/mol. The Hall–Kier alpha value is -3.82. The van der Waals surface area contributed by atoms with Crippen LogP contribution < -0.4 is 9.04 Å². The maximum Gasteiger partial charge on any atom is 0.340 e. The summed E-state index contributed by atoms with van der Waals surface area (Å²) >= 11 is 0. The van der Waals surface area contributed by atoms with Crippen LogP contribution in [0.1, 0.15) is 34.7 Å². The summed E-state index contributed by atoms with van der Waals surface area (Å²) in [5.74, 6) is 0.429. The Kier molecular flexibility index (Phi) is 6.19. The zero-order valence-electron chi connectivity index (χ0n) is 19.5. The van der Waals surface area contributed by atoms with E-state index >= 15 is 0 Å². The number of sulfonamides is 1. The van der Waals surface area contributed by atoms with Gasteiger partial charge in [0.25, 0.3) is 0 Å². The van der Waals surface area contributed by atoms with Crippen molar-refractivity contribution in [1.82, 2.24) is 0 Å². The van der Waals surface area contributed by atoms with Gasteiger partial charge in [-0.2, -0.15) is 0 Å². The number of aliphatic hydroxyl groups excluding tert-OH is 1. The third-order valence-corrected chi connectivity index (χ3v) is 7.32. The van der Waals surface area contributed by atoms with E-state index in [0.717, 1.165) is 29.0 Å². The molecule has 9 heteroatoms. The lowest BCUT2D eigenvalue weighted by Gasteiger charge is -2.24. The summed E-state index contributed by atoms with van der Waals surface area (Å²) < 4.78 is 38.0. The van der Waals surface area contributed by atoms with Gasteiger partial charge in [-0.1, -0.05) is 18.2 Å². The first-order valence-corrected chi connectivity index (χ1v) is 13.4. The van der Waals surface area contributed by atoms with E-state index in [1.165, 1.54) is 0 Å². The fourth-order valence-electron chi connectivity index (χ4n) is 4.36. The summed E-state index contributed by atoms with van der Waals surface area (Å²) in [6.45, 7) is -0.456. The molecule has 2 N–H and O–H groups in total. The number of aliphatic hydroxyl groups is 1. The van der Waals surface area contributed by atoms with Crippen molar-refractivity contribution in [2.24, 2.45) is 0 Å². The van der Waals surface area contributed by atoms with Gasteiger partial charge >= 0.3 is 5.97 Å². The number of ether oxygens (including phenoxy) is 1. The Morgan fingerprint density at radius 2 is 1.72 bits per heavy atom. The number of nitrogens with zero attached hydrogens (tertiary/aromatic N) is 1. The summed E-state index contributed by atoms with van der Waals surface area (Å²) in [5.41, 5.74) is 1.98. The lowest BCUT2D eigenvalue weighted by Crippen LogP contribution is -2.33. The second kappa shape index (κ2) is 9.33. The normalized spacial score (nSPS) is 13.6. The first-order valence-electron chi connectivity index (χ1n) is 11.5. The van der Waals surface area contributed by atoms with Crippen molar-refractivity contribution in [2.75, 3.05) is 23.7 Å². The van der Waals surface area contributed by atoms with Crippen LogP contribution in [-0.2, 0) is 10.0 Å². The fourth-order valence-corrected chi connectivity index (χ4v) is 5.29. The predicted molar refractivity (Wildman–Crippen MR) is 136 cm³/mol. The number of carbonyl (C=O) groups is 1. The number of anilines is 1. The Morgan fingerprint density at radius 3 is 2.31 bits per heavy atom. The molecule has 1 aliphatic carbocycles. The van der Waals surface area contributed by atoms with Gasteiger partial charge in [0, 0.05) is 17.0 Å². The molecule has 1 aliphatic rings. The summed E-state index contributed by atoms with van der Waals surface area (Å²) in [6, 6.07) is 19.5. The van der Waals surface area contributed by atoms with E-state index in [-0.39, 0.29) is 36.0 Å². The third kappa shape index (κ3) is 4.67. The molecule has 0 atom stereocenters. The molecule has 36 heavy (non-hydrogen) atoms. The van der Waals surface area contributed by atoms with Crippen LogP contribution in [0.5, 0.6) is 11.5 Å². The molecule has 8 nitrogen and oxygen atoms in total. The first kappa shape index (κ1) is 23.9. The van der Waals surface area contributed by atoms with E-state index in [4.69, 9.17) is 9.15 Å². The van der Waals surface area contributed by atoms with Crippen molar-refractivity contribution in [3.63, 3.8) is 0 Å². The van der Waals surface area contributed by atoms with Crippen molar-refractivity contribution in [2.45, 2.75) is 18.8 Å². The Bertz CT molecular complexity index is 1520. The van der Waals surface area contributed by atoms with E-state index in [2.05, 4.69) is 0 Å². The lowest BCUT2D eigenvalue weighted by atomic mass is 10.0. The van der Waals surface area contributed by atoms with Crippen LogP contribution in [0.25, 0.3) is 22.3 Å². The van der Waals surface area contributed by atoms with Gasteiger partial charge in [0.15, 0.2) is 0 Å². The maximum absolute atomic E-state index is 12.5. The van der Waals surface area contributed by atoms with Crippen LogP contribution in [0, 0.1) is 0 Å². The van der Waals surface area contributed by atoms with Crippen LogP contribution in [0.4, 0.5) is 5.69 Å². The van der Waals surface area contributed by atoms with Crippen LogP contribution >= 0.6 is 0 Å². The predicted octanol–water partition coefficient (Wildman–Crippen LogP) is 5.23. The van der Waals surface area contributed by atoms with Gasteiger partial charge in [0.05, 0.1) is 25.1 Å². The number of furan rings is 1. The summed E-state index contributed by atoms with van der Waals surface area (Å²) in [7, 11) is -3.68. The molecule has 0 spiro atoms. The number of rotatable bonds is 9. The largest absolute Gasteiger partial charge is 0.478 e. The minimum Gasteiger partial charge on any atom is -0.478 e. The van der Waals surface area contributed by atoms with Crippen LogP contribution in [0.15, 0.2) is 71.1 Å². The summed E-state index contributed by atoms with van der Waals surface area (Å²) in [5, 5.41) is 20.0. The smallest absolute Gasteiger partial charge is 0.340 e. The topological polar surface area (TPSA) is 117 Å². The highest BCUT2D eigenvalue weighted by Crippen LogP contribution is 2.48. The quantitative estimate of drug-likeness (QED) is 0.319. The molecule has 1 saturated carbocycles. The molecule has 4 aromatic rings. The van der Waals surface area contributed by atoms with Gasteiger partial charge in [0.2, 0.25) is 10.0 Å². The molecule has 186 valence electrons. The monoisotopic (exact) mass is 507 g/mol. The summed E-state index contributed by atoms with van der Waals surface area (Å²) in [6.07, 6.45) is 2.84. The van der Waals surface area contributed by atoms with Gasteiger partial charge in [0.1, 0.15) is 28.4 Å². The fraction of sp³-hybridized carbons (Fsp3) is 0.222. The number of hydrogen-bond donors (Lipinski definition) is 2. The van der Waals surface area contributed by atoms with Gasteiger partial charge in [-0.05, 0) is 66.8 Å². The van der Waals surface area contributed by atoms with E-state index in [9.17, 15) is 23.4 Å². The van der Waals surface area contributed by atoms with Crippen LogP contribution in [0.2, 0.25) is 0 Å². The molecule has 3 aromatic carbocycles. The Morgan fingerprint density at radius 1 is 1.06 bits per heavy atom. The SMILES string of the molecule is CS(=O)(=O)N(CCO)c1cc2oc(-c3ccc(Oc4ccccc4)cc3)c(C(=O)O)c2cc1C1CC1.